The van der Waals surface area contributed by atoms with E-state index in [1.54, 1.807) is 18.2 Å². The SMILES string of the molecule is CCC[C@@H](CNC(=O)c1cccc(-c2ccc(C(N)=O)cc2)c1)N(C)C. The number of rotatable bonds is 8. The van der Waals surface area contributed by atoms with Gasteiger partial charge in [-0.3, -0.25) is 9.59 Å². The summed E-state index contributed by atoms with van der Waals surface area (Å²) in [4.78, 5) is 25.8. The Morgan fingerprint density at radius 1 is 1.04 bits per heavy atom. The molecule has 0 unspecified atom stereocenters. The molecule has 3 N–H and O–H groups in total. The average molecular weight is 353 g/mol. The number of nitrogens with one attached hydrogen (secondary N) is 1. The van der Waals surface area contributed by atoms with Gasteiger partial charge in [-0.15, -0.1) is 0 Å². The molecule has 5 heteroatoms. The molecule has 0 spiro atoms. The van der Waals surface area contributed by atoms with E-state index in [1.165, 1.54) is 0 Å². The van der Waals surface area contributed by atoms with Crippen LogP contribution in [0.5, 0.6) is 0 Å². The maximum Gasteiger partial charge on any atom is 0.251 e. The highest BCUT2D eigenvalue weighted by Gasteiger charge is 2.13. The minimum Gasteiger partial charge on any atom is -0.366 e. The molecule has 0 aromatic heterocycles. The van der Waals surface area contributed by atoms with Crippen molar-refractivity contribution in [2.24, 2.45) is 5.73 Å². The van der Waals surface area contributed by atoms with Crippen molar-refractivity contribution in [3.8, 4) is 11.1 Å². The van der Waals surface area contributed by atoms with Crippen molar-refractivity contribution in [3.63, 3.8) is 0 Å². The Hall–Kier alpha value is -2.66. The maximum absolute atomic E-state index is 12.5. The minimum atomic E-state index is -0.452. The Balaban J connectivity index is 2.10. The van der Waals surface area contributed by atoms with Gasteiger partial charge in [-0.05, 0) is 55.9 Å². The first-order valence-corrected chi connectivity index (χ1v) is 8.87. The number of hydrogen-bond acceptors (Lipinski definition) is 3. The number of amides is 2. The highest BCUT2D eigenvalue weighted by molar-refractivity contribution is 5.96. The zero-order valence-electron chi connectivity index (χ0n) is 15.7. The predicted molar refractivity (Wildman–Crippen MR) is 105 cm³/mol. The van der Waals surface area contributed by atoms with Gasteiger partial charge in [0.1, 0.15) is 0 Å². The van der Waals surface area contributed by atoms with Crippen LogP contribution in [0.15, 0.2) is 48.5 Å². The van der Waals surface area contributed by atoms with E-state index < -0.39 is 5.91 Å². The third-order valence-corrected chi connectivity index (χ3v) is 4.48. The summed E-state index contributed by atoms with van der Waals surface area (Å²) in [5, 5.41) is 3.03. The van der Waals surface area contributed by atoms with E-state index in [4.69, 9.17) is 5.73 Å². The first kappa shape index (κ1) is 19.7. The van der Waals surface area contributed by atoms with Gasteiger partial charge in [-0.1, -0.05) is 37.6 Å². The van der Waals surface area contributed by atoms with Crippen LogP contribution in [-0.4, -0.2) is 43.4 Å². The molecule has 0 fully saturated rings. The number of nitrogens with two attached hydrogens (primary N) is 1. The second-order valence-corrected chi connectivity index (χ2v) is 6.64. The Bertz CT molecular complexity index is 754. The molecule has 138 valence electrons. The van der Waals surface area contributed by atoms with Crippen LogP contribution >= 0.6 is 0 Å². The number of primary amides is 1. The summed E-state index contributed by atoms with van der Waals surface area (Å²) in [6.07, 6.45) is 2.12. The molecule has 2 amide bonds. The number of benzene rings is 2. The number of carbonyl (C=O) groups is 2. The molecule has 2 aromatic rings. The van der Waals surface area contributed by atoms with Gasteiger partial charge in [0.2, 0.25) is 5.91 Å². The normalized spacial score (nSPS) is 12.0. The fourth-order valence-corrected chi connectivity index (χ4v) is 2.86. The first-order valence-electron chi connectivity index (χ1n) is 8.87. The van der Waals surface area contributed by atoms with Crippen molar-refractivity contribution in [3.05, 3.63) is 59.7 Å². The van der Waals surface area contributed by atoms with Crippen LogP contribution < -0.4 is 11.1 Å². The van der Waals surface area contributed by atoms with E-state index in [1.807, 2.05) is 44.4 Å². The Morgan fingerprint density at radius 2 is 1.73 bits per heavy atom. The summed E-state index contributed by atoms with van der Waals surface area (Å²) < 4.78 is 0. The molecule has 0 aliphatic carbocycles. The van der Waals surface area contributed by atoms with Gasteiger partial charge >= 0.3 is 0 Å². The van der Waals surface area contributed by atoms with Crippen molar-refractivity contribution < 1.29 is 9.59 Å². The lowest BCUT2D eigenvalue weighted by Gasteiger charge is -2.24. The highest BCUT2D eigenvalue weighted by atomic mass is 16.2. The van der Waals surface area contributed by atoms with Gasteiger partial charge in [-0.25, -0.2) is 0 Å². The summed E-state index contributed by atoms with van der Waals surface area (Å²) >= 11 is 0. The van der Waals surface area contributed by atoms with E-state index in [0.29, 0.717) is 23.7 Å². The zero-order valence-corrected chi connectivity index (χ0v) is 15.7. The van der Waals surface area contributed by atoms with Gasteiger partial charge in [0.05, 0.1) is 0 Å². The quantitative estimate of drug-likeness (QED) is 0.766. The smallest absolute Gasteiger partial charge is 0.251 e. The number of likely N-dealkylation sites (N-methyl/N-ethyl adjacent to an activating group) is 1. The molecule has 0 saturated heterocycles. The first-order chi connectivity index (χ1) is 12.4. The van der Waals surface area contributed by atoms with E-state index in [0.717, 1.165) is 24.0 Å². The lowest BCUT2D eigenvalue weighted by Crippen LogP contribution is -2.40. The van der Waals surface area contributed by atoms with Gasteiger partial charge in [0.15, 0.2) is 0 Å². The molecule has 0 aliphatic heterocycles. The Labute approximate surface area is 155 Å². The second-order valence-electron chi connectivity index (χ2n) is 6.64. The summed E-state index contributed by atoms with van der Waals surface area (Å²) in [5.74, 6) is -0.532. The van der Waals surface area contributed by atoms with Crippen molar-refractivity contribution in [1.82, 2.24) is 10.2 Å². The molecule has 0 aliphatic rings. The standard InChI is InChI=1S/C21H27N3O2/c1-4-6-19(24(2)3)14-23-21(26)18-8-5-7-17(13-18)15-9-11-16(12-10-15)20(22)25/h5,7-13,19H,4,6,14H2,1-3H3,(H2,22,25)(H,23,26)/t19-/m0/s1. The summed E-state index contributed by atoms with van der Waals surface area (Å²) in [6, 6.07) is 14.8. The fourth-order valence-electron chi connectivity index (χ4n) is 2.86. The van der Waals surface area contributed by atoms with Crippen LogP contribution in [0.1, 0.15) is 40.5 Å². The summed E-state index contributed by atoms with van der Waals surface area (Å²) in [7, 11) is 4.06. The molecule has 0 saturated carbocycles. The van der Waals surface area contributed by atoms with Crippen molar-refractivity contribution in [2.45, 2.75) is 25.8 Å². The number of carbonyl (C=O) groups excluding carboxylic acids is 2. The van der Waals surface area contributed by atoms with Crippen LogP contribution in [0.3, 0.4) is 0 Å². The average Bonchev–Trinajstić information content (AvgIpc) is 2.64. The van der Waals surface area contributed by atoms with Gasteiger partial charge in [0, 0.05) is 23.7 Å². The molecule has 1 atom stereocenters. The molecule has 0 heterocycles. The molecule has 2 rings (SSSR count). The molecule has 0 radical (unpaired) electrons. The molecule has 2 aromatic carbocycles. The molecule has 0 bridgehead atoms. The van der Waals surface area contributed by atoms with Crippen LogP contribution in [0.25, 0.3) is 11.1 Å². The molecular weight excluding hydrogens is 326 g/mol. The molecule has 5 nitrogen and oxygen atoms in total. The monoisotopic (exact) mass is 353 g/mol. The zero-order chi connectivity index (χ0) is 19.1. The summed E-state index contributed by atoms with van der Waals surface area (Å²) in [6.45, 7) is 2.77. The van der Waals surface area contributed by atoms with Crippen molar-refractivity contribution in [2.75, 3.05) is 20.6 Å². The van der Waals surface area contributed by atoms with Crippen LogP contribution in [0.4, 0.5) is 0 Å². The van der Waals surface area contributed by atoms with Gasteiger partial charge in [0.25, 0.3) is 5.91 Å². The lowest BCUT2D eigenvalue weighted by atomic mass is 10.0. The van der Waals surface area contributed by atoms with E-state index in [2.05, 4.69) is 17.1 Å². The van der Waals surface area contributed by atoms with Crippen LogP contribution in [0.2, 0.25) is 0 Å². The largest absolute Gasteiger partial charge is 0.366 e. The topological polar surface area (TPSA) is 75.4 Å². The summed E-state index contributed by atoms with van der Waals surface area (Å²) in [5.41, 5.74) is 8.21. The number of hydrogen-bond donors (Lipinski definition) is 2. The highest BCUT2D eigenvalue weighted by Crippen LogP contribution is 2.21. The van der Waals surface area contributed by atoms with Crippen LogP contribution in [0, 0.1) is 0 Å². The third kappa shape index (κ3) is 5.17. The van der Waals surface area contributed by atoms with E-state index >= 15 is 0 Å². The maximum atomic E-state index is 12.5. The van der Waals surface area contributed by atoms with Crippen molar-refractivity contribution in [1.29, 1.82) is 0 Å². The molecule has 26 heavy (non-hydrogen) atoms. The predicted octanol–water partition coefficient (Wildman–Crippen LogP) is 2.91. The van der Waals surface area contributed by atoms with Gasteiger partial charge < -0.3 is 16.0 Å². The number of nitrogens with zero attached hydrogens (tertiary/aromatic N) is 1. The third-order valence-electron chi connectivity index (χ3n) is 4.48. The molecular formula is C21H27N3O2. The van der Waals surface area contributed by atoms with E-state index in [9.17, 15) is 9.59 Å². The minimum absolute atomic E-state index is 0.0800. The van der Waals surface area contributed by atoms with Crippen LogP contribution in [-0.2, 0) is 0 Å². The van der Waals surface area contributed by atoms with Gasteiger partial charge in [-0.2, -0.15) is 0 Å². The Morgan fingerprint density at radius 3 is 2.31 bits per heavy atom. The lowest BCUT2D eigenvalue weighted by molar-refractivity contribution is 0.0939. The van der Waals surface area contributed by atoms with E-state index in [-0.39, 0.29) is 5.91 Å². The Kier molecular flexibility index (Phi) is 6.92. The second kappa shape index (κ2) is 9.15. The fraction of sp³-hybridized carbons (Fsp3) is 0.333. The van der Waals surface area contributed by atoms with Crippen molar-refractivity contribution >= 4 is 11.8 Å².